The van der Waals surface area contributed by atoms with Crippen LogP contribution in [0.1, 0.15) is 20.1 Å². The van der Waals surface area contributed by atoms with Gasteiger partial charge in [0.25, 0.3) is 0 Å². The number of esters is 1. The third-order valence-corrected chi connectivity index (χ3v) is 4.99. The monoisotopic (exact) mass is 354 g/mol. The lowest BCUT2D eigenvalue weighted by Gasteiger charge is -2.07. The molecule has 0 N–H and O–H groups in total. The van der Waals surface area contributed by atoms with Crippen LogP contribution in [0.25, 0.3) is 11.6 Å². The standard InChI is InChI=1S/C19H14O3S2/c20-17(14-6-2-1-3-7-14)13-22-19(21)16(18-9-5-11-24-18)12-15-8-4-10-23-15/h1-12H,13H2. The van der Waals surface area contributed by atoms with Crippen molar-refractivity contribution in [2.24, 2.45) is 0 Å². The van der Waals surface area contributed by atoms with Gasteiger partial charge in [-0.3, -0.25) is 4.79 Å². The maximum Gasteiger partial charge on any atom is 0.340 e. The van der Waals surface area contributed by atoms with Gasteiger partial charge in [-0.05, 0) is 29.0 Å². The first-order valence-corrected chi connectivity index (χ1v) is 9.04. The Morgan fingerprint density at radius 2 is 1.67 bits per heavy atom. The van der Waals surface area contributed by atoms with E-state index in [9.17, 15) is 9.59 Å². The third-order valence-electron chi connectivity index (χ3n) is 3.27. The summed E-state index contributed by atoms with van der Waals surface area (Å²) in [4.78, 5) is 26.3. The highest BCUT2D eigenvalue weighted by Crippen LogP contribution is 2.25. The molecule has 0 unspecified atom stereocenters. The Bertz CT molecular complexity index is 832. The van der Waals surface area contributed by atoms with E-state index in [0.29, 0.717) is 11.1 Å². The average molecular weight is 354 g/mol. The first-order valence-electron chi connectivity index (χ1n) is 7.28. The van der Waals surface area contributed by atoms with Gasteiger partial charge >= 0.3 is 5.97 Å². The Kier molecular flexibility index (Phi) is 5.36. The lowest BCUT2D eigenvalue weighted by molar-refractivity contribution is -0.135. The zero-order valence-corrected chi connectivity index (χ0v) is 14.3. The van der Waals surface area contributed by atoms with E-state index in [0.717, 1.165) is 9.75 Å². The number of benzene rings is 1. The van der Waals surface area contributed by atoms with Gasteiger partial charge < -0.3 is 4.74 Å². The fourth-order valence-corrected chi connectivity index (χ4v) is 3.48. The van der Waals surface area contributed by atoms with Gasteiger partial charge in [0.1, 0.15) is 0 Å². The number of hydrogen-bond donors (Lipinski definition) is 0. The highest BCUT2D eigenvalue weighted by Gasteiger charge is 2.17. The molecule has 0 fully saturated rings. The van der Waals surface area contributed by atoms with E-state index >= 15 is 0 Å². The molecule has 2 heterocycles. The summed E-state index contributed by atoms with van der Waals surface area (Å²) < 4.78 is 5.25. The quantitative estimate of drug-likeness (QED) is 0.364. The fourth-order valence-electron chi connectivity index (χ4n) is 2.09. The molecule has 24 heavy (non-hydrogen) atoms. The number of thiophene rings is 2. The molecular weight excluding hydrogens is 340 g/mol. The molecular formula is C19H14O3S2. The molecule has 0 radical (unpaired) electrons. The highest BCUT2D eigenvalue weighted by molar-refractivity contribution is 7.12. The lowest BCUT2D eigenvalue weighted by Crippen LogP contribution is -2.14. The Balaban J connectivity index is 1.74. The average Bonchev–Trinajstić information content (AvgIpc) is 3.31. The number of rotatable bonds is 6. The molecule has 2 aromatic heterocycles. The summed E-state index contributed by atoms with van der Waals surface area (Å²) in [6, 6.07) is 16.4. The second kappa shape index (κ2) is 7.86. The fraction of sp³-hybridized carbons (Fsp3) is 0.0526. The van der Waals surface area contributed by atoms with Crippen LogP contribution in [-0.4, -0.2) is 18.4 Å². The minimum atomic E-state index is -0.491. The van der Waals surface area contributed by atoms with Gasteiger partial charge in [0.15, 0.2) is 12.4 Å². The largest absolute Gasteiger partial charge is 0.454 e. The van der Waals surface area contributed by atoms with Crippen molar-refractivity contribution in [1.29, 1.82) is 0 Å². The summed E-state index contributed by atoms with van der Waals surface area (Å²) in [6.45, 7) is -0.268. The molecule has 0 spiro atoms. The van der Waals surface area contributed by atoms with Crippen LogP contribution >= 0.6 is 22.7 Å². The van der Waals surface area contributed by atoms with Crippen molar-refractivity contribution in [2.45, 2.75) is 0 Å². The minimum absolute atomic E-state index is 0.217. The highest BCUT2D eigenvalue weighted by atomic mass is 32.1. The summed E-state index contributed by atoms with van der Waals surface area (Å²) in [7, 11) is 0. The van der Waals surface area contributed by atoms with Gasteiger partial charge in [-0.1, -0.05) is 42.5 Å². The van der Waals surface area contributed by atoms with Crippen molar-refractivity contribution in [1.82, 2.24) is 0 Å². The van der Waals surface area contributed by atoms with E-state index in [4.69, 9.17) is 4.74 Å². The van der Waals surface area contributed by atoms with E-state index < -0.39 is 5.97 Å². The predicted octanol–water partition coefficient (Wildman–Crippen LogP) is 4.78. The number of carbonyl (C=O) groups is 2. The van der Waals surface area contributed by atoms with Crippen LogP contribution in [0.5, 0.6) is 0 Å². The maximum absolute atomic E-state index is 12.5. The molecule has 0 saturated heterocycles. The Labute approximate surface area is 147 Å². The summed E-state index contributed by atoms with van der Waals surface area (Å²) in [5.74, 6) is -0.708. The van der Waals surface area contributed by atoms with Crippen LogP contribution < -0.4 is 0 Å². The topological polar surface area (TPSA) is 43.4 Å². The first-order chi connectivity index (χ1) is 11.7. The van der Waals surface area contributed by atoms with Crippen molar-refractivity contribution in [3.8, 4) is 0 Å². The molecule has 3 aromatic rings. The van der Waals surface area contributed by atoms with E-state index in [1.165, 1.54) is 11.3 Å². The molecule has 0 amide bonds. The van der Waals surface area contributed by atoms with Crippen molar-refractivity contribution < 1.29 is 14.3 Å². The molecule has 3 nitrogen and oxygen atoms in total. The Morgan fingerprint density at radius 3 is 2.33 bits per heavy atom. The summed E-state index contributed by atoms with van der Waals surface area (Å²) in [6.07, 6.45) is 1.80. The Hall–Kier alpha value is -2.50. The summed E-state index contributed by atoms with van der Waals surface area (Å²) in [5.41, 5.74) is 0.999. The molecule has 120 valence electrons. The zero-order valence-electron chi connectivity index (χ0n) is 12.7. The van der Waals surface area contributed by atoms with E-state index in [2.05, 4.69) is 0 Å². The van der Waals surface area contributed by atoms with Crippen LogP contribution in [0.3, 0.4) is 0 Å². The number of hydrogen-bond acceptors (Lipinski definition) is 5. The van der Waals surface area contributed by atoms with Crippen molar-refractivity contribution in [3.05, 3.63) is 80.7 Å². The summed E-state index contributed by atoms with van der Waals surface area (Å²) >= 11 is 3.00. The number of ketones is 1. The van der Waals surface area contributed by atoms with E-state index in [-0.39, 0.29) is 12.4 Å². The minimum Gasteiger partial charge on any atom is -0.454 e. The summed E-state index contributed by atoms with van der Waals surface area (Å²) in [5, 5.41) is 3.85. The van der Waals surface area contributed by atoms with E-state index in [1.54, 1.807) is 41.7 Å². The van der Waals surface area contributed by atoms with Crippen LogP contribution in [0.15, 0.2) is 65.4 Å². The van der Waals surface area contributed by atoms with E-state index in [1.807, 2.05) is 41.1 Å². The van der Waals surface area contributed by atoms with Gasteiger partial charge in [-0.15, -0.1) is 22.7 Å². The second-order valence-electron chi connectivity index (χ2n) is 4.92. The SMILES string of the molecule is O=C(OCC(=O)c1ccccc1)C(=Cc1cccs1)c1cccs1. The van der Waals surface area contributed by atoms with Crippen LogP contribution in [0.4, 0.5) is 0 Å². The molecule has 0 aliphatic carbocycles. The molecule has 0 saturated carbocycles. The number of carbonyl (C=O) groups excluding carboxylic acids is 2. The van der Waals surface area contributed by atoms with Crippen LogP contribution in [-0.2, 0) is 9.53 Å². The predicted molar refractivity (Wildman–Crippen MR) is 98.2 cm³/mol. The van der Waals surface area contributed by atoms with Crippen LogP contribution in [0.2, 0.25) is 0 Å². The van der Waals surface area contributed by atoms with Gasteiger partial charge in [-0.25, -0.2) is 4.79 Å². The van der Waals surface area contributed by atoms with Gasteiger partial charge in [0, 0.05) is 15.3 Å². The number of ether oxygens (including phenoxy) is 1. The maximum atomic E-state index is 12.5. The first kappa shape index (κ1) is 16.4. The van der Waals surface area contributed by atoms with Crippen molar-refractivity contribution >= 4 is 46.1 Å². The molecule has 1 aromatic carbocycles. The van der Waals surface area contributed by atoms with Crippen LogP contribution in [0, 0.1) is 0 Å². The molecule has 0 bridgehead atoms. The molecule has 0 atom stereocenters. The lowest BCUT2D eigenvalue weighted by atomic mass is 10.1. The molecule has 0 aliphatic rings. The van der Waals surface area contributed by atoms with Crippen molar-refractivity contribution in [2.75, 3.05) is 6.61 Å². The second-order valence-corrected chi connectivity index (χ2v) is 6.84. The normalized spacial score (nSPS) is 11.2. The number of Topliss-reactive ketones (excluding diaryl/α,β-unsaturated/α-hetero) is 1. The zero-order chi connectivity index (χ0) is 16.8. The molecule has 0 aliphatic heterocycles. The molecule has 3 rings (SSSR count). The van der Waals surface area contributed by atoms with Crippen molar-refractivity contribution in [3.63, 3.8) is 0 Å². The van der Waals surface area contributed by atoms with Gasteiger partial charge in [-0.2, -0.15) is 0 Å². The smallest absolute Gasteiger partial charge is 0.340 e. The van der Waals surface area contributed by atoms with Gasteiger partial charge in [0.2, 0.25) is 0 Å². The van der Waals surface area contributed by atoms with Gasteiger partial charge in [0.05, 0.1) is 5.57 Å². The third kappa shape index (κ3) is 4.07. The molecule has 5 heteroatoms. The Morgan fingerprint density at radius 1 is 0.917 bits per heavy atom.